The van der Waals surface area contributed by atoms with Gasteiger partial charge in [-0.25, -0.2) is 18.4 Å². The Morgan fingerprint density at radius 3 is 2.25 bits per heavy atom. The summed E-state index contributed by atoms with van der Waals surface area (Å²) in [6.07, 6.45) is 2.63. The van der Waals surface area contributed by atoms with Crippen LogP contribution in [0.5, 0.6) is 11.8 Å². The van der Waals surface area contributed by atoms with E-state index in [2.05, 4.69) is 15.3 Å². The lowest BCUT2D eigenvalue weighted by Gasteiger charge is -2.23. The largest absolute Gasteiger partial charge is 0.481 e. The van der Waals surface area contributed by atoms with Gasteiger partial charge >= 0.3 is 0 Å². The first-order chi connectivity index (χ1) is 9.55. The van der Waals surface area contributed by atoms with Crippen molar-refractivity contribution in [2.75, 3.05) is 25.7 Å². The number of nitrogens with zero attached hydrogens (tertiary/aromatic N) is 2. The summed E-state index contributed by atoms with van der Waals surface area (Å²) in [5.74, 6) is 1.41. The Morgan fingerprint density at radius 1 is 1.20 bits per heavy atom. The van der Waals surface area contributed by atoms with E-state index in [9.17, 15) is 8.42 Å². The van der Waals surface area contributed by atoms with Crippen LogP contribution in [0, 0.1) is 0 Å². The van der Waals surface area contributed by atoms with Crippen molar-refractivity contribution in [1.82, 2.24) is 15.3 Å². The van der Waals surface area contributed by atoms with Crippen LogP contribution in [0.1, 0.15) is 18.4 Å². The SMILES string of the molecule is COc1ncnc(OC)c1CNC1CCS(=O)(=O)CC1. The van der Waals surface area contributed by atoms with Gasteiger partial charge in [-0.15, -0.1) is 0 Å². The molecule has 0 amide bonds. The number of nitrogens with one attached hydrogen (secondary N) is 1. The fraction of sp³-hybridized carbons (Fsp3) is 0.667. The van der Waals surface area contributed by atoms with Crippen molar-refractivity contribution in [2.24, 2.45) is 0 Å². The monoisotopic (exact) mass is 301 g/mol. The molecule has 0 aromatic carbocycles. The third-order valence-corrected chi connectivity index (χ3v) is 5.09. The first-order valence-electron chi connectivity index (χ1n) is 6.41. The second-order valence-corrected chi connectivity index (χ2v) is 6.98. The molecule has 2 rings (SSSR count). The minimum Gasteiger partial charge on any atom is -0.481 e. The predicted molar refractivity (Wildman–Crippen MR) is 73.7 cm³/mol. The lowest BCUT2D eigenvalue weighted by molar-refractivity contribution is 0.354. The summed E-state index contributed by atoms with van der Waals surface area (Å²) in [4.78, 5) is 8.09. The molecule has 8 heteroatoms. The molecule has 1 fully saturated rings. The molecule has 0 aliphatic carbocycles. The minimum atomic E-state index is -2.84. The van der Waals surface area contributed by atoms with Gasteiger partial charge in [0.25, 0.3) is 0 Å². The highest BCUT2D eigenvalue weighted by Crippen LogP contribution is 2.23. The van der Waals surface area contributed by atoms with Crippen LogP contribution in [0.3, 0.4) is 0 Å². The van der Waals surface area contributed by atoms with Gasteiger partial charge in [-0.1, -0.05) is 0 Å². The van der Waals surface area contributed by atoms with Crippen molar-refractivity contribution < 1.29 is 17.9 Å². The van der Waals surface area contributed by atoms with Crippen molar-refractivity contribution in [2.45, 2.75) is 25.4 Å². The van der Waals surface area contributed by atoms with Gasteiger partial charge < -0.3 is 14.8 Å². The normalized spacial score (nSPS) is 18.7. The maximum Gasteiger partial charge on any atom is 0.224 e. The fourth-order valence-electron chi connectivity index (χ4n) is 2.22. The van der Waals surface area contributed by atoms with E-state index in [1.54, 1.807) is 14.2 Å². The summed E-state index contributed by atoms with van der Waals surface area (Å²) < 4.78 is 33.2. The maximum absolute atomic E-state index is 11.4. The van der Waals surface area contributed by atoms with Crippen LogP contribution in [-0.2, 0) is 16.4 Å². The second-order valence-electron chi connectivity index (χ2n) is 4.68. The van der Waals surface area contributed by atoms with Gasteiger partial charge in [0.1, 0.15) is 16.2 Å². The Morgan fingerprint density at radius 2 is 1.75 bits per heavy atom. The van der Waals surface area contributed by atoms with Crippen molar-refractivity contribution in [3.63, 3.8) is 0 Å². The summed E-state index contributed by atoms with van der Waals surface area (Å²) in [5.41, 5.74) is 0.742. The van der Waals surface area contributed by atoms with E-state index in [-0.39, 0.29) is 17.5 Å². The maximum atomic E-state index is 11.4. The van der Waals surface area contributed by atoms with E-state index >= 15 is 0 Å². The number of hydrogen-bond donors (Lipinski definition) is 1. The van der Waals surface area contributed by atoms with Crippen LogP contribution in [0.4, 0.5) is 0 Å². The number of sulfone groups is 1. The minimum absolute atomic E-state index is 0.174. The molecule has 1 aromatic rings. The summed E-state index contributed by atoms with van der Waals surface area (Å²) >= 11 is 0. The first kappa shape index (κ1) is 15.0. The highest BCUT2D eigenvalue weighted by atomic mass is 32.2. The van der Waals surface area contributed by atoms with Crippen LogP contribution < -0.4 is 14.8 Å². The number of hydrogen-bond acceptors (Lipinski definition) is 7. The number of methoxy groups -OCH3 is 2. The Kier molecular flexibility index (Phi) is 4.77. The third kappa shape index (κ3) is 3.57. The Balaban J connectivity index is 2.01. The van der Waals surface area contributed by atoms with Gasteiger partial charge in [0.15, 0.2) is 0 Å². The molecule has 112 valence electrons. The van der Waals surface area contributed by atoms with Gasteiger partial charge in [-0.2, -0.15) is 0 Å². The van der Waals surface area contributed by atoms with Gasteiger partial charge in [0.05, 0.1) is 31.3 Å². The van der Waals surface area contributed by atoms with E-state index < -0.39 is 9.84 Å². The molecule has 1 N–H and O–H groups in total. The molecule has 0 unspecified atom stereocenters. The zero-order chi connectivity index (χ0) is 14.6. The van der Waals surface area contributed by atoms with Crippen molar-refractivity contribution in [1.29, 1.82) is 0 Å². The highest BCUT2D eigenvalue weighted by molar-refractivity contribution is 7.91. The molecule has 2 heterocycles. The smallest absolute Gasteiger partial charge is 0.224 e. The van der Waals surface area contributed by atoms with Crippen LogP contribution in [-0.4, -0.2) is 50.2 Å². The Hall–Kier alpha value is -1.41. The molecule has 0 spiro atoms. The molecular formula is C12H19N3O4S. The third-order valence-electron chi connectivity index (χ3n) is 3.38. The van der Waals surface area contributed by atoms with E-state index in [1.807, 2.05) is 0 Å². The van der Waals surface area contributed by atoms with Crippen molar-refractivity contribution in [3.8, 4) is 11.8 Å². The lowest BCUT2D eigenvalue weighted by Crippen LogP contribution is -2.37. The zero-order valence-corrected chi connectivity index (χ0v) is 12.4. The summed E-state index contributed by atoms with van der Waals surface area (Å²) in [5, 5.41) is 3.32. The summed E-state index contributed by atoms with van der Waals surface area (Å²) in [7, 11) is 0.242. The van der Waals surface area contributed by atoms with Crippen LogP contribution in [0.2, 0.25) is 0 Å². The molecule has 1 saturated heterocycles. The molecule has 7 nitrogen and oxygen atoms in total. The zero-order valence-electron chi connectivity index (χ0n) is 11.6. The summed E-state index contributed by atoms with van der Waals surface area (Å²) in [6, 6.07) is 0.174. The number of aromatic nitrogens is 2. The lowest BCUT2D eigenvalue weighted by atomic mass is 10.1. The second kappa shape index (κ2) is 6.36. The Labute approximate surface area is 118 Å². The van der Waals surface area contributed by atoms with Gasteiger partial charge in [0, 0.05) is 12.6 Å². The van der Waals surface area contributed by atoms with Crippen molar-refractivity contribution in [3.05, 3.63) is 11.9 Å². The molecule has 0 radical (unpaired) electrons. The van der Waals surface area contributed by atoms with Gasteiger partial charge in [0.2, 0.25) is 11.8 Å². The fourth-order valence-corrected chi connectivity index (χ4v) is 3.72. The molecule has 0 atom stereocenters. The number of rotatable bonds is 5. The van der Waals surface area contributed by atoms with Crippen LogP contribution >= 0.6 is 0 Å². The quantitative estimate of drug-likeness (QED) is 0.828. The first-order valence-corrected chi connectivity index (χ1v) is 8.23. The van der Waals surface area contributed by atoms with E-state index in [4.69, 9.17) is 9.47 Å². The molecule has 1 aromatic heterocycles. The summed E-state index contributed by atoms with van der Waals surface area (Å²) in [6.45, 7) is 0.484. The molecule has 1 aliphatic heterocycles. The van der Waals surface area contributed by atoms with Gasteiger partial charge in [-0.3, -0.25) is 0 Å². The van der Waals surface area contributed by atoms with Crippen LogP contribution in [0.25, 0.3) is 0 Å². The average molecular weight is 301 g/mol. The Bertz CT molecular complexity index is 526. The molecule has 0 saturated carbocycles. The van der Waals surface area contributed by atoms with E-state index in [0.29, 0.717) is 31.1 Å². The van der Waals surface area contributed by atoms with E-state index in [0.717, 1.165) is 5.56 Å². The number of ether oxygens (including phenoxy) is 2. The topological polar surface area (TPSA) is 90.4 Å². The molecule has 1 aliphatic rings. The van der Waals surface area contributed by atoms with Crippen LogP contribution in [0.15, 0.2) is 6.33 Å². The van der Waals surface area contributed by atoms with Crippen molar-refractivity contribution >= 4 is 9.84 Å². The molecule has 20 heavy (non-hydrogen) atoms. The molecular weight excluding hydrogens is 282 g/mol. The van der Waals surface area contributed by atoms with Gasteiger partial charge in [-0.05, 0) is 12.8 Å². The highest BCUT2D eigenvalue weighted by Gasteiger charge is 2.24. The molecule has 0 bridgehead atoms. The average Bonchev–Trinajstić information content (AvgIpc) is 2.45. The standard InChI is InChI=1S/C12H19N3O4S/c1-18-11-10(12(19-2)15-8-14-11)7-13-9-3-5-20(16,17)6-4-9/h8-9,13H,3-7H2,1-2H3. The van der Waals surface area contributed by atoms with E-state index in [1.165, 1.54) is 6.33 Å². The predicted octanol–water partition coefficient (Wildman–Crippen LogP) is 0.161.